The maximum atomic E-state index is 12.1. The Bertz CT molecular complexity index is 804. The summed E-state index contributed by atoms with van der Waals surface area (Å²) < 4.78 is 25.4. The van der Waals surface area contributed by atoms with Crippen LogP contribution in [0.3, 0.4) is 0 Å². The van der Waals surface area contributed by atoms with Gasteiger partial charge in [-0.3, -0.25) is 19.5 Å². The Hall–Kier alpha value is -2.45. The van der Waals surface area contributed by atoms with E-state index in [2.05, 4.69) is 4.98 Å². The molecule has 0 saturated heterocycles. The first-order valence-corrected chi connectivity index (χ1v) is 8.66. The number of rotatable bonds is 5. The molecule has 2 aromatic rings. The zero-order valence-electron chi connectivity index (χ0n) is 12.9. The summed E-state index contributed by atoms with van der Waals surface area (Å²) in [5.74, 6) is 4.60. The number of hydrazine groups is 1. The lowest BCUT2D eigenvalue weighted by Gasteiger charge is -2.22. The molecule has 0 aliphatic rings. The van der Waals surface area contributed by atoms with Crippen molar-refractivity contribution in [3.63, 3.8) is 0 Å². The van der Waals surface area contributed by atoms with E-state index >= 15 is 0 Å². The SMILES string of the molecule is Cc1cccc(N(Cc2ccc(C(=O)NN)cn2)S(C)(=O)=O)c1. The number of sulfonamides is 1. The number of nitrogen functional groups attached to an aromatic ring is 1. The molecule has 0 spiro atoms. The van der Waals surface area contributed by atoms with Gasteiger partial charge in [0.05, 0.1) is 29.7 Å². The molecule has 8 heteroatoms. The Balaban J connectivity index is 2.31. The van der Waals surface area contributed by atoms with Crippen molar-refractivity contribution in [2.24, 2.45) is 5.84 Å². The number of carbonyl (C=O) groups is 1. The molecule has 0 aliphatic heterocycles. The molecule has 0 aliphatic carbocycles. The van der Waals surface area contributed by atoms with Crippen LogP contribution in [-0.4, -0.2) is 25.6 Å². The predicted molar refractivity (Wildman–Crippen MR) is 88.1 cm³/mol. The number of amides is 1. The second kappa shape index (κ2) is 6.76. The lowest BCUT2D eigenvalue weighted by molar-refractivity contribution is 0.0953. The highest BCUT2D eigenvalue weighted by Crippen LogP contribution is 2.21. The van der Waals surface area contributed by atoms with Gasteiger partial charge in [0.25, 0.3) is 5.91 Å². The molecule has 1 heterocycles. The average Bonchev–Trinajstić information content (AvgIpc) is 2.51. The van der Waals surface area contributed by atoms with E-state index in [1.54, 1.807) is 30.3 Å². The number of carbonyl (C=O) groups excluding carboxylic acids is 1. The summed E-state index contributed by atoms with van der Waals surface area (Å²) in [6.07, 6.45) is 2.50. The number of nitrogens with one attached hydrogen (secondary N) is 1. The number of aryl methyl sites for hydroxylation is 1. The van der Waals surface area contributed by atoms with E-state index in [-0.39, 0.29) is 6.54 Å². The highest BCUT2D eigenvalue weighted by molar-refractivity contribution is 7.92. The zero-order valence-corrected chi connectivity index (χ0v) is 13.7. The molecule has 7 nitrogen and oxygen atoms in total. The van der Waals surface area contributed by atoms with Crippen molar-refractivity contribution in [2.75, 3.05) is 10.6 Å². The van der Waals surface area contributed by atoms with Crippen LogP contribution in [0.4, 0.5) is 5.69 Å². The van der Waals surface area contributed by atoms with Crippen LogP contribution >= 0.6 is 0 Å². The zero-order chi connectivity index (χ0) is 17.0. The minimum atomic E-state index is -3.47. The highest BCUT2D eigenvalue weighted by Gasteiger charge is 2.18. The summed E-state index contributed by atoms with van der Waals surface area (Å²) in [5, 5.41) is 0. The Morgan fingerprint density at radius 1 is 1.30 bits per heavy atom. The van der Waals surface area contributed by atoms with Gasteiger partial charge in [-0.2, -0.15) is 0 Å². The van der Waals surface area contributed by atoms with Gasteiger partial charge in [-0.1, -0.05) is 12.1 Å². The molecular weight excluding hydrogens is 316 g/mol. The van der Waals surface area contributed by atoms with Gasteiger partial charge in [-0.05, 0) is 36.8 Å². The largest absolute Gasteiger partial charge is 0.290 e. The van der Waals surface area contributed by atoms with Crippen molar-refractivity contribution in [3.05, 3.63) is 59.4 Å². The molecule has 0 fully saturated rings. The summed E-state index contributed by atoms with van der Waals surface area (Å²) in [7, 11) is -3.47. The van der Waals surface area contributed by atoms with Crippen molar-refractivity contribution in [2.45, 2.75) is 13.5 Å². The van der Waals surface area contributed by atoms with E-state index in [0.29, 0.717) is 16.9 Å². The van der Waals surface area contributed by atoms with E-state index in [4.69, 9.17) is 5.84 Å². The number of aromatic nitrogens is 1. The van der Waals surface area contributed by atoms with Crippen molar-refractivity contribution in [3.8, 4) is 0 Å². The molecule has 0 saturated carbocycles. The Morgan fingerprint density at radius 3 is 2.57 bits per heavy atom. The first kappa shape index (κ1) is 16.9. The second-order valence-electron chi connectivity index (χ2n) is 5.12. The smallest absolute Gasteiger partial charge is 0.266 e. The molecule has 1 aromatic carbocycles. The third-order valence-corrected chi connectivity index (χ3v) is 4.35. The highest BCUT2D eigenvalue weighted by atomic mass is 32.2. The van der Waals surface area contributed by atoms with E-state index in [1.807, 2.05) is 18.4 Å². The van der Waals surface area contributed by atoms with Gasteiger partial charge in [0, 0.05) is 6.20 Å². The molecule has 3 N–H and O–H groups in total. The molecule has 122 valence electrons. The standard InChI is InChI=1S/C15H18N4O3S/c1-11-4-3-5-14(8-11)19(23(2,21)22)10-13-7-6-12(9-17-13)15(20)18-16/h3-9H,10,16H2,1-2H3,(H,18,20). The Kier molecular flexibility index (Phi) is 4.97. The van der Waals surface area contributed by atoms with Crippen molar-refractivity contribution < 1.29 is 13.2 Å². The number of anilines is 1. The molecule has 0 bridgehead atoms. The van der Waals surface area contributed by atoms with Crippen molar-refractivity contribution >= 4 is 21.6 Å². The van der Waals surface area contributed by atoms with Gasteiger partial charge in [0.15, 0.2) is 0 Å². The fourth-order valence-electron chi connectivity index (χ4n) is 2.07. The summed E-state index contributed by atoms with van der Waals surface area (Å²) >= 11 is 0. The fourth-order valence-corrected chi connectivity index (χ4v) is 2.93. The second-order valence-corrected chi connectivity index (χ2v) is 7.03. The Labute approximate surface area is 135 Å². The van der Waals surface area contributed by atoms with Crippen LogP contribution in [0.15, 0.2) is 42.6 Å². The van der Waals surface area contributed by atoms with Gasteiger partial charge in [-0.25, -0.2) is 14.3 Å². The maximum absolute atomic E-state index is 12.1. The van der Waals surface area contributed by atoms with Crippen LogP contribution in [0.25, 0.3) is 0 Å². The molecular formula is C15H18N4O3S. The lowest BCUT2D eigenvalue weighted by Crippen LogP contribution is -2.31. The number of hydrogen-bond donors (Lipinski definition) is 2. The lowest BCUT2D eigenvalue weighted by atomic mass is 10.2. The van der Waals surface area contributed by atoms with E-state index in [0.717, 1.165) is 11.8 Å². The van der Waals surface area contributed by atoms with Crippen LogP contribution in [0.2, 0.25) is 0 Å². The predicted octanol–water partition coefficient (Wildman–Crippen LogP) is 0.960. The molecule has 0 unspecified atom stereocenters. The molecule has 0 atom stereocenters. The first-order valence-electron chi connectivity index (χ1n) is 6.81. The van der Waals surface area contributed by atoms with Crippen molar-refractivity contribution in [1.29, 1.82) is 0 Å². The monoisotopic (exact) mass is 334 g/mol. The van der Waals surface area contributed by atoms with Gasteiger partial charge >= 0.3 is 0 Å². The number of pyridine rings is 1. The summed E-state index contributed by atoms with van der Waals surface area (Å²) in [6, 6.07) is 10.3. The van der Waals surface area contributed by atoms with Crippen LogP contribution in [-0.2, 0) is 16.6 Å². The van der Waals surface area contributed by atoms with Crippen LogP contribution in [0.5, 0.6) is 0 Å². The summed E-state index contributed by atoms with van der Waals surface area (Å²) in [6.45, 7) is 1.97. The van der Waals surface area contributed by atoms with E-state index in [9.17, 15) is 13.2 Å². The van der Waals surface area contributed by atoms with Crippen LogP contribution < -0.4 is 15.6 Å². The topological polar surface area (TPSA) is 105 Å². The third-order valence-electron chi connectivity index (χ3n) is 3.21. The Morgan fingerprint density at radius 2 is 2.04 bits per heavy atom. The van der Waals surface area contributed by atoms with E-state index < -0.39 is 15.9 Å². The number of benzene rings is 1. The third kappa shape index (κ3) is 4.27. The van der Waals surface area contributed by atoms with Crippen LogP contribution in [0, 0.1) is 6.92 Å². The van der Waals surface area contributed by atoms with Gasteiger partial charge in [0.2, 0.25) is 10.0 Å². The number of hydrogen-bond acceptors (Lipinski definition) is 5. The van der Waals surface area contributed by atoms with Gasteiger partial charge in [0.1, 0.15) is 0 Å². The molecule has 23 heavy (non-hydrogen) atoms. The van der Waals surface area contributed by atoms with Crippen LogP contribution in [0.1, 0.15) is 21.6 Å². The van der Waals surface area contributed by atoms with Gasteiger partial charge in [-0.15, -0.1) is 0 Å². The van der Waals surface area contributed by atoms with Crippen molar-refractivity contribution in [1.82, 2.24) is 10.4 Å². The maximum Gasteiger partial charge on any atom is 0.266 e. The quantitative estimate of drug-likeness (QED) is 0.481. The normalized spacial score (nSPS) is 11.1. The number of nitrogens with two attached hydrogens (primary N) is 1. The summed E-state index contributed by atoms with van der Waals surface area (Å²) in [5.41, 5.74) is 4.36. The minimum Gasteiger partial charge on any atom is -0.290 e. The first-order chi connectivity index (χ1) is 10.8. The molecule has 1 amide bonds. The average molecular weight is 334 g/mol. The molecule has 1 aromatic heterocycles. The molecule has 0 radical (unpaired) electrons. The van der Waals surface area contributed by atoms with Gasteiger partial charge < -0.3 is 0 Å². The fraction of sp³-hybridized carbons (Fsp3) is 0.200. The summed E-state index contributed by atoms with van der Waals surface area (Å²) in [4.78, 5) is 15.5. The van der Waals surface area contributed by atoms with E-state index in [1.165, 1.54) is 10.5 Å². The number of nitrogens with zero attached hydrogens (tertiary/aromatic N) is 2. The molecule has 2 rings (SSSR count). The minimum absolute atomic E-state index is 0.0762.